The number of carbonyl (C=O) groups excluding carboxylic acids is 1. The summed E-state index contributed by atoms with van der Waals surface area (Å²) in [7, 11) is -5.30. The maximum Gasteiger partial charge on any atom is 1.00 e. The van der Waals surface area contributed by atoms with Gasteiger partial charge in [-0.15, -0.1) is 0 Å². The smallest absolute Gasteiger partial charge is 0.790 e. The second-order valence-electron chi connectivity index (χ2n) is 2.92. The van der Waals surface area contributed by atoms with Gasteiger partial charge in [0.1, 0.15) is 24.4 Å². The normalized spacial score (nSPS) is 17.7. The van der Waals surface area contributed by atoms with Crippen molar-refractivity contribution in [2.45, 2.75) is 24.4 Å². The molecular weight excluding hydrogens is 325 g/mol. The van der Waals surface area contributed by atoms with Crippen molar-refractivity contribution in [3.05, 3.63) is 0 Å². The molecule has 0 fully saturated rings. The predicted octanol–water partition coefficient (Wildman–Crippen LogP) is -10.5. The van der Waals surface area contributed by atoms with E-state index in [1.54, 1.807) is 0 Å². The largest absolute Gasteiger partial charge is 1.00 e. The summed E-state index contributed by atoms with van der Waals surface area (Å²) >= 11 is 0. The molecule has 0 radical (unpaired) electrons. The summed E-state index contributed by atoms with van der Waals surface area (Å²) in [6, 6.07) is 0. The van der Waals surface area contributed by atoms with E-state index in [1.807, 2.05) is 0 Å². The number of aliphatic hydroxyl groups excluding tert-OH is 4. The van der Waals surface area contributed by atoms with Gasteiger partial charge < -0.3 is 44.1 Å². The summed E-state index contributed by atoms with van der Waals surface area (Å²) < 4.78 is 13.6. The van der Waals surface area contributed by atoms with E-state index in [-0.39, 0.29) is 109 Å². The van der Waals surface area contributed by atoms with Gasteiger partial charge in [-0.3, -0.25) is 0 Å². The molecule has 0 aromatic rings. The third-order valence-corrected chi connectivity index (χ3v) is 2.10. The Bertz CT molecular complexity index is 272. The first-order valence-electron chi connectivity index (χ1n) is 4.03. The SMILES string of the molecule is O=C[C@@H](O)[C@@H](O)[C@H](O)[C@H](O)COP(=O)([O-])[O-].[K+].[K+]. The van der Waals surface area contributed by atoms with Crippen LogP contribution in [0, 0.1) is 0 Å². The maximum atomic E-state index is 10.0. The minimum absolute atomic E-state index is 0. The topological polar surface area (TPSA) is 170 Å². The van der Waals surface area contributed by atoms with Gasteiger partial charge in [-0.25, -0.2) is 0 Å². The van der Waals surface area contributed by atoms with Crippen molar-refractivity contribution in [3.8, 4) is 0 Å². The molecule has 0 spiro atoms. The second kappa shape index (κ2) is 12.4. The summed E-state index contributed by atoms with van der Waals surface area (Å²) in [6.45, 7) is -1.09. The van der Waals surface area contributed by atoms with E-state index in [4.69, 9.17) is 20.4 Å². The molecule has 0 bridgehead atoms. The number of aldehydes is 1. The van der Waals surface area contributed by atoms with Gasteiger partial charge in [0.05, 0.1) is 14.4 Å². The molecular formula is C6H11K2O9P. The Morgan fingerprint density at radius 2 is 1.56 bits per heavy atom. The second-order valence-corrected chi connectivity index (χ2v) is 4.07. The fraction of sp³-hybridized carbons (Fsp3) is 0.833. The molecule has 0 saturated heterocycles. The number of phosphoric ester groups is 1. The van der Waals surface area contributed by atoms with Crippen LogP contribution >= 0.6 is 7.82 Å². The average Bonchev–Trinajstić information content (AvgIpc) is 2.21. The van der Waals surface area contributed by atoms with Crippen LogP contribution in [0.3, 0.4) is 0 Å². The molecule has 9 nitrogen and oxygen atoms in total. The number of hydrogen-bond acceptors (Lipinski definition) is 9. The molecule has 18 heavy (non-hydrogen) atoms. The molecule has 0 aromatic carbocycles. The van der Waals surface area contributed by atoms with E-state index in [2.05, 4.69) is 4.52 Å². The molecule has 0 rings (SSSR count). The third kappa shape index (κ3) is 11.5. The van der Waals surface area contributed by atoms with Crippen LogP contribution in [0.25, 0.3) is 0 Å². The standard InChI is InChI=1S/C6H13O9P.2K/c7-1-3(8)5(10)6(11)4(9)2-15-16(12,13)14;;/h1,3-6,8-11H,2H2,(H2,12,13,14);;/q;2*+1/p-2/t3-,4-,5-,6-;;/m1../s1. The summed E-state index contributed by atoms with van der Waals surface area (Å²) in [5, 5.41) is 35.9. The van der Waals surface area contributed by atoms with Gasteiger partial charge >= 0.3 is 103 Å². The van der Waals surface area contributed by atoms with Crippen LogP contribution in [-0.2, 0) is 13.9 Å². The van der Waals surface area contributed by atoms with E-state index >= 15 is 0 Å². The number of phosphoric acid groups is 1. The van der Waals surface area contributed by atoms with E-state index in [0.29, 0.717) is 0 Å². The Hall–Kier alpha value is 2.89. The van der Waals surface area contributed by atoms with Gasteiger partial charge in [-0.1, -0.05) is 0 Å². The molecule has 4 N–H and O–H groups in total. The summed E-state index contributed by atoms with van der Waals surface area (Å²) in [5.41, 5.74) is 0. The zero-order valence-corrected chi connectivity index (χ0v) is 17.0. The van der Waals surface area contributed by atoms with Gasteiger partial charge in [-0.05, 0) is 0 Å². The average molecular weight is 336 g/mol. The zero-order valence-electron chi connectivity index (χ0n) is 9.87. The van der Waals surface area contributed by atoms with Crippen LogP contribution < -0.4 is 113 Å². The van der Waals surface area contributed by atoms with Crippen LogP contribution in [0.15, 0.2) is 0 Å². The summed E-state index contributed by atoms with van der Waals surface area (Å²) in [6.07, 6.45) is -8.04. The molecule has 96 valence electrons. The molecule has 0 aliphatic heterocycles. The minimum Gasteiger partial charge on any atom is -0.790 e. The van der Waals surface area contributed by atoms with Crippen molar-refractivity contribution in [2.75, 3.05) is 6.61 Å². The Balaban J connectivity index is -0.00000112. The third-order valence-electron chi connectivity index (χ3n) is 1.64. The molecule has 0 unspecified atom stereocenters. The molecule has 0 aliphatic rings. The number of carbonyl (C=O) groups is 1. The Kier molecular flexibility index (Phi) is 17.8. The molecule has 0 amide bonds. The number of hydrogen-bond donors (Lipinski definition) is 4. The molecule has 0 aliphatic carbocycles. The van der Waals surface area contributed by atoms with E-state index in [1.165, 1.54) is 0 Å². The fourth-order valence-electron chi connectivity index (χ4n) is 0.776. The zero-order chi connectivity index (χ0) is 12.9. The van der Waals surface area contributed by atoms with Gasteiger partial charge in [-0.2, -0.15) is 0 Å². The Morgan fingerprint density at radius 1 is 1.11 bits per heavy atom. The van der Waals surface area contributed by atoms with Crippen LogP contribution in [0.5, 0.6) is 0 Å². The molecule has 0 heterocycles. The van der Waals surface area contributed by atoms with E-state index in [0.717, 1.165) is 0 Å². The van der Waals surface area contributed by atoms with Gasteiger partial charge in [0.25, 0.3) is 0 Å². The molecule has 0 saturated carbocycles. The van der Waals surface area contributed by atoms with Crippen molar-refractivity contribution in [3.63, 3.8) is 0 Å². The van der Waals surface area contributed by atoms with Crippen LogP contribution in [0.2, 0.25) is 0 Å². The first kappa shape index (κ1) is 25.8. The number of aliphatic hydroxyl groups is 4. The first-order valence-corrected chi connectivity index (χ1v) is 5.49. The van der Waals surface area contributed by atoms with Crippen LogP contribution in [0.1, 0.15) is 0 Å². The maximum absolute atomic E-state index is 10.0. The molecule has 0 aromatic heterocycles. The van der Waals surface area contributed by atoms with Crippen LogP contribution in [0.4, 0.5) is 0 Å². The fourth-order valence-corrected chi connectivity index (χ4v) is 1.11. The predicted molar refractivity (Wildman–Crippen MR) is 43.6 cm³/mol. The van der Waals surface area contributed by atoms with Crippen molar-refractivity contribution in [1.82, 2.24) is 0 Å². The summed E-state index contributed by atoms with van der Waals surface area (Å²) in [4.78, 5) is 30.0. The van der Waals surface area contributed by atoms with Crippen molar-refractivity contribution in [2.24, 2.45) is 0 Å². The minimum atomic E-state index is -5.30. The number of rotatable bonds is 7. The molecule has 12 heteroatoms. The van der Waals surface area contributed by atoms with Gasteiger partial charge in [0.15, 0.2) is 6.29 Å². The van der Waals surface area contributed by atoms with Crippen molar-refractivity contribution in [1.29, 1.82) is 0 Å². The van der Waals surface area contributed by atoms with E-state index < -0.39 is 38.8 Å². The summed E-state index contributed by atoms with van der Waals surface area (Å²) in [5.74, 6) is 0. The van der Waals surface area contributed by atoms with Crippen LogP contribution in [-0.4, -0.2) is 57.7 Å². The van der Waals surface area contributed by atoms with Crippen molar-refractivity contribution >= 4 is 14.1 Å². The van der Waals surface area contributed by atoms with E-state index in [9.17, 15) is 19.1 Å². The van der Waals surface area contributed by atoms with Gasteiger partial charge in [0, 0.05) is 0 Å². The van der Waals surface area contributed by atoms with Crippen molar-refractivity contribution < 1.29 is 147 Å². The Labute approximate surface area is 188 Å². The quantitative estimate of drug-likeness (QED) is 0.200. The van der Waals surface area contributed by atoms with Gasteiger partial charge in [0.2, 0.25) is 0 Å². The monoisotopic (exact) mass is 336 g/mol. The first-order chi connectivity index (χ1) is 7.19. The Morgan fingerprint density at radius 3 is 1.89 bits per heavy atom. The molecule has 4 atom stereocenters.